The zero-order valence-corrected chi connectivity index (χ0v) is 28.5. The molecule has 256 valence electrons. The zero-order chi connectivity index (χ0) is 36.2. The van der Waals surface area contributed by atoms with Crippen molar-refractivity contribution in [3.8, 4) is 33.9 Å². The molecule has 0 saturated carbocycles. The average molecular weight is 704 g/mol. The topological polar surface area (TPSA) is 90.2 Å². The second kappa shape index (κ2) is 12.8. The Balaban J connectivity index is 1.02. The molecule has 0 bridgehead atoms. The van der Waals surface area contributed by atoms with Crippen molar-refractivity contribution < 1.29 is 8.78 Å². The fraction of sp³-hybridized carbons (Fsp3) is 0.0444. The van der Waals surface area contributed by atoms with Crippen LogP contribution in [-0.2, 0) is 0 Å². The van der Waals surface area contributed by atoms with E-state index in [-0.39, 0.29) is 17.3 Å². The van der Waals surface area contributed by atoms with Crippen LogP contribution in [0.1, 0.15) is 23.7 Å². The molecular weight excluding hydrogens is 677 g/mol. The number of hydrogen-bond acceptors (Lipinski definition) is 7. The molecule has 1 unspecified atom stereocenters. The van der Waals surface area contributed by atoms with E-state index in [0.29, 0.717) is 18.1 Å². The van der Waals surface area contributed by atoms with Gasteiger partial charge in [0.25, 0.3) is 0 Å². The van der Waals surface area contributed by atoms with Gasteiger partial charge in [0.05, 0.1) is 22.1 Å². The largest absolute Gasteiger partial charge is 0.254 e. The number of halogens is 2. The minimum Gasteiger partial charge on any atom is -0.254 e. The minimum atomic E-state index is -0.711. The van der Waals surface area contributed by atoms with E-state index >= 15 is 0 Å². The first kappa shape index (κ1) is 31.6. The van der Waals surface area contributed by atoms with Crippen LogP contribution < -0.4 is 0 Å². The van der Waals surface area contributed by atoms with Gasteiger partial charge < -0.3 is 0 Å². The zero-order valence-electron chi connectivity index (χ0n) is 28.5. The van der Waals surface area contributed by atoms with Gasteiger partial charge in [-0.1, -0.05) is 78.9 Å². The number of nitrogens with zero attached hydrogens (tertiary/aromatic N) is 7. The van der Waals surface area contributed by atoms with Crippen LogP contribution in [0.5, 0.6) is 0 Å². The summed E-state index contributed by atoms with van der Waals surface area (Å²) in [5.41, 5.74) is 8.33. The molecule has 4 aromatic carbocycles. The summed E-state index contributed by atoms with van der Waals surface area (Å²) < 4.78 is 28.9. The molecule has 0 spiro atoms. The van der Waals surface area contributed by atoms with Crippen LogP contribution in [0.4, 0.5) is 8.78 Å². The molecule has 0 N–H and O–H groups in total. The van der Waals surface area contributed by atoms with E-state index in [2.05, 4.69) is 62.4 Å². The van der Waals surface area contributed by atoms with E-state index in [9.17, 15) is 8.78 Å². The van der Waals surface area contributed by atoms with E-state index < -0.39 is 11.6 Å². The van der Waals surface area contributed by atoms with Crippen LogP contribution in [-0.4, -0.2) is 34.9 Å². The second-order valence-electron chi connectivity index (χ2n) is 13.2. The van der Waals surface area contributed by atoms with Crippen molar-refractivity contribution in [2.45, 2.75) is 12.3 Å². The van der Waals surface area contributed by atoms with Crippen LogP contribution in [0.2, 0.25) is 0 Å². The number of aromatic nitrogens is 7. The molecular formula is C45H27F2N7. The number of allylic oxidation sites excluding steroid dienone is 4. The maximum absolute atomic E-state index is 14.4. The van der Waals surface area contributed by atoms with Crippen LogP contribution in [0.3, 0.4) is 0 Å². The molecule has 1 aliphatic rings. The number of benzene rings is 4. The Hall–Kier alpha value is -7.13. The lowest BCUT2D eigenvalue weighted by atomic mass is 9.88. The van der Waals surface area contributed by atoms with Gasteiger partial charge >= 0.3 is 0 Å². The van der Waals surface area contributed by atoms with Crippen molar-refractivity contribution in [2.24, 2.45) is 0 Å². The van der Waals surface area contributed by atoms with Crippen molar-refractivity contribution in [1.82, 2.24) is 34.9 Å². The highest BCUT2D eigenvalue weighted by atomic mass is 19.1. The highest BCUT2D eigenvalue weighted by molar-refractivity contribution is 6.08. The summed E-state index contributed by atoms with van der Waals surface area (Å²) in [4.78, 5) is 32.9. The van der Waals surface area contributed by atoms with E-state index in [1.165, 1.54) is 12.1 Å². The quantitative estimate of drug-likeness (QED) is 0.165. The third-order valence-corrected chi connectivity index (χ3v) is 9.97. The van der Waals surface area contributed by atoms with Crippen molar-refractivity contribution in [2.75, 3.05) is 0 Å². The number of hydrogen-bond donors (Lipinski definition) is 0. The van der Waals surface area contributed by atoms with Crippen molar-refractivity contribution in [3.05, 3.63) is 169 Å². The number of fused-ring (bicyclic) bond motifs is 6. The van der Waals surface area contributed by atoms with Gasteiger partial charge in [-0.3, -0.25) is 19.9 Å². The molecule has 0 radical (unpaired) electrons. The van der Waals surface area contributed by atoms with Crippen molar-refractivity contribution >= 4 is 49.2 Å². The van der Waals surface area contributed by atoms with E-state index in [1.54, 1.807) is 18.6 Å². The molecule has 9 heteroatoms. The summed E-state index contributed by atoms with van der Waals surface area (Å²) in [5.74, 6) is -0.364. The van der Waals surface area contributed by atoms with Crippen molar-refractivity contribution in [1.29, 1.82) is 0 Å². The molecule has 5 aromatic heterocycles. The Morgan fingerprint density at radius 3 is 1.78 bits per heavy atom. The first-order valence-electron chi connectivity index (χ1n) is 17.5. The molecule has 0 amide bonds. The van der Waals surface area contributed by atoms with Gasteiger partial charge in [-0.15, -0.1) is 0 Å². The molecule has 0 aliphatic heterocycles. The lowest BCUT2D eigenvalue weighted by Gasteiger charge is -2.19. The van der Waals surface area contributed by atoms with Gasteiger partial charge in [-0.05, 0) is 59.5 Å². The summed E-state index contributed by atoms with van der Waals surface area (Å²) in [6, 6.07) is 31.5. The van der Waals surface area contributed by atoms with Crippen LogP contribution >= 0.6 is 0 Å². The van der Waals surface area contributed by atoms with Gasteiger partial charge in [0.2, 0.25) is 0 Å². The Morgan fingerprint density at radius 1 is 0.500 bits per heavy atom. The molecule has 5 heterocycles. The first-order chi connectivity index (χ1) is 26.6. The van der Waals surface area contributed by atoms with Crippen LogP contribution in [0, 0.1) is 11.6 Å². The van der Waals surface area contributed by atoms with Gasteiger partial charge in [0.15, 0.2) is 17.5 Å². The highest BCUT2D eigenvalue weighted by Crippen LogP contribution is 2.36. The molecule has 10 rings (SSSR count). The molecule has 1 atom stereocenters. The van der Waals surface area contributed by atoms with Gasteiger partial charge in [0, 0.05) is 75.0 Å². The Morgan fingerprint density at radius 2 is 1.09 bits per heavy atom. The standard InChI is InChI=1S/C45H27F2N7/c46-33-23-32(24-34(47)25-33)45-53-43(30-9-5-26(6-10-30)35-17-21-50-41-37(35)15-13-28-3-1-19-48-39(28)41)52-44(54-45)31-11-7-27(8-12-31)36-18-22-51-42-38(36)16-14-29-4-2-20-49-40(29)42/h1-7,9-25,27H,8H2. The smallest absolute Gasteiger partial charge is 0.164 e. The molecule has 0 saturated heterocycles. The summed E-state index contributed by atoms with van der Waals surface area (Å²) in [6.07, 6.45) is 14.1. The van der Waals surface area contributed by atoms with E-state index in [0.717, 1.165) is 77.5 Å². The third kappa shape index (κ3) is 5.54. The van der Waals surface area contributed by atoms with Gasteiger partial charge in [-0.25, -0.2) is 23.7 Å². The van der Waals surface area contributed by atoms with E-state index in [1.807, 2.05) is 66.9 Å². The molecule has 9 aromatic rings. The predicted octanol–water partition coefficient (Wildman–Crippen LogP) is 10.5. The third-order valence-electron chi connectivity index (χ3n) is 9.97. The number of rotatable bonds is 5. The minimum absolute atomic E-state index is 0.0871. The fourth-order valence-corrected chi connectivity index (χ4v) is 7.37. The van der Waals surface area contributed by atoms with E-state index in [4.69, 9.17) is 15.0 Å². The first-order valence-corrected chi connectivity index (χ1v) is 17.5. The predicted molar refractivity (Wildman–Crippen MR) is 208 cm³/mol. The molecule has 54 heavy (non-hydrogen) atoms. The lowest BCUT2D eigenvalue weighted by Crippen LogP contribution is -2.05. The maximum atomic E-state index is 14.4. The fourth-order valence-electron chi connectivity index (χ4n) is 7.37. The van der Waals surface area contributed by atoms with Crippen LogP contribution in [0.25, 0.3) is 83.1 Å². The molecule has 7 nitrogen and oxygen atoms in total. The Bertz CT molecular complexity index is 2990. The highest BCUT2D eigenvalue weighted by Gasteiger charge is 2.20. The molecule has 1 aliphatic carbocycles. The lowest BCUT2D eigenvalue weighted by molar-refractivity contribution is 0.584. The van der Waals surface area contributed by atoms with Crippen LogP contribution in [0.15, 0.2) is 146 Å². The summed E-state index contributed by atoms with van der Waals surface area (Å²) >= 11 is 0. The van der Waals surface area contributed by atoms with Crippen molar-refractivity contribution in [3.63, 3.8) is 0 Å². The maximum Gasteiger partial charge on any atom is 0.164 e. The summed E-state index contributed by atoms with van der Waals surface area (Å²) in [6.45, 7) is 0. The Labute approximate surface area is 307 Å². The summed E-state index contributed by atoms with van der Waals surface area (Å²) in [7, 11) is 0. The SMILES string of the molecule is Fc1cc(F)cc(-c2nc(C3=CCC(c4ccnc5c4ccc4cccnc45)C=C3)nc(-c3ccc(-c4ccnc5c4ccc4cccnc45)cc3)n2)c1. The number of pyridine rings is 4. The Kier molecular flexibility index (Phi) is 7.50. The molecule has 0 fully saturated rings. The monoisotopic (exact) mass is 703 g/mol. The average Bonchev–Trinajstić information content (AvgIpc) is 3.22. The van der Waals surface area contributed by atoms with Gasteiger partial charge in [-0.2, -0.15) is 0 Å². The second-order valence-corrected chi connectivity index (χ2v) is 13.2. The van der Waals surface area contributed by atoms with Gasteiger partial charge in [0.1, 0.15) is 11.6 Å². The summed E-state index contributed by atoms with van der Waals surface area (Å²) in [5, 5.41) is 4.12. The normalized spacial score (nSPS) is 14.3.